The Balaban J connectivity index is 2.21. The van der Waals surface area contributed by atoms with Gasteiger partial charge in [0.2, 0.25) is 0 Å². The van der Waals surface area contributed by atoms with Gasteiger partial charge in [0.15, 0.2) is 0 Å². The average Bonchev–Trinajstić information content (AvgIpc) is 2.43. The summed E-state index contributed by atoms with van der Waals surface area (Å²) < 4.78 is 2.48. The molecule has 2 aromatic rings. The molecule has 0 aliphatic rings. The lowest BCUT2D eigenvalue weighted by Gasteiger charge is -2.10. The van der Waals surface area contributed by atoms with Crippen molar-refractivity contribution >= 4 is 26.8 Å². The van der Waals surface area contributed by atoms with Crippen molar-refractivity contribution in [2.45, 2.75) is 19.9 Å². The van der Waals surface area contributed by atoms with Crippen LogP contribution in [0.5, 0.6) is 0 Å². The van der Waals surface area contributed by atoms with Gasteiger partial charge in [-0.3, -0.25) is 9.36 Å². The van der Waals surface area contributed by atoms with E-state index in [0.29, 0.717) is 17.4 Å². The third kappa shape index (κ3) is 3.55. The lowest BCUT2D eigenvalue weighted by atomic mass is 10.2. The summed E-state index contributed by atoms with van der Waals surface area (Å²) in [6, 6.07) is 5.52. The number of nitrogens with zero attached hydrogens (tertiary/aromatic N) is 2. The minimum absolute atomic E-state index is 0.0343. The summed E-state index contributed by atoms with van der Waals surface area (Å²) in [5, 5.41) is 3.90. The summed E-state index contributed by atoms with van der Waals surface area (Å²) in [5.74, 6) is 0. The van der Waals surface area contributed by atoms with Crippen LogP contribution in [0.25, 0.3) is 10.9 Å². The molecule has 1 heterocycles. The molecule has 4 nitrogen and oxygen atoms in total. The molecule has 1 aromatic carbocycles. The number of halogens is 1. The van der Waals surface area contributed by atoms with Crippen LogP contribution in [0.15, 0.2) is 45.9 Å². The molecule has 1 N–H and O–H groups in total. The number of hydrogen-bond acceptors (Lipinski definition) is 3. The fourth-order valence-corrected chi connectivity index (χ4v) is 2.34. The second-order valence-corrected chi connectivity index (χ2v) is 5.68. The molecule has 5 heteroatoms. The average molecular weight is 336 g/mol. The molecular formula is C15H18BrN3O. The summed E-state index contributed by atoms with van der Waals surface area (Å²) in [7, 11) is 0. The molecule has 106 valence electrons. The Hall–Kier alpha value is -1.46. The largest absolute Gasteiger partial charge is 0.313 e. The number of benzene rings is 1. The topological polar surface area (TPSA) is 46.9 Å². The Kier molecular flexibility index (Phi) is 5.09. The Morgan fingerprint density at radius 2 is 2.30 bits per heavy atom. The van der Waals surface area contributed by atoms with E-state index in [2.05, 4.69) is 39.7 Å². The molecule has 0 saturated heterocycles. The fraction of sp³-hybridized carbons (Fsp3) is 0.333. The third-order valence-electron chi connectivity index (χ3n) is 2.98. The van der Waals surface area contributed by atoms with Crippen molar-refractivity contribution in [3.8, 4) is 0 Å². The standard InChI is InChI=1S/C15H18BrN3O/c1-3-6-17-8-11(2)9-19-10-18-14-5-4-12(16)7-13(14)15(19)20/h4-5,7,10,17H,2-3,6,8-9H2,1H3. The normalized spacial score (nSPS) is 10.9. The summed E-state index contributed by atoms with van der Waals surface area (Å²) in [4.78, 5) is 16.7. The highest BCUT2D eigenvalue weighted by molar-refractivity contribution is 9.10. The fourth-order valence-electron chi connectivity index (χ4n) is 1.98. The number of fused-ring (bicyclic) bond motifs is 1. The van der Waals surface area contributed by atoms with Crippen LogP contribution < -0.4 is 10.9 Å². The van der Waals surface area contributed by atoms with Crippen LogP contribution in [0.2, 0.25) is 0 Å². The minimum Gasteiger partial charge on any atom is -0.313 e. The van der Waals surface area contributed by atoms with E-state index >= 15 is 0 Å². The quantitative estimate of drug-likeness (QED) is 0.652. The van der Waals surface area contributed by atoms with Crippen LogP contribution in [0.3, 0.4) is 0 Å². The van der Waals surface area contributed by atoms with Gasteiger partial charge in [0.25, 0.3) is 5.56 Å². The van der Waals surface area contributed by atoms with Crippen molar-refractivity contribution in [1.29, 1.82) is 0 Å². The number of hydrogen-bond donors (Lipinski definition) is 1. The van der Waals surface area contributed by atoms with Gasteiger partial charge in [-0.25, -0.2) is 4.98 Å². The summed E-state index contributed by atoms with van der Waals surface area (Å²) in [5.41, 5.74) is 1.65. The first-order chi connectivity index (χ1) is 9.61. The second kappa shape index (κ2) is 6.81. The van der Waals surface area contributed by atoms with E-state index in [1.54, 1.807) is 17.0 Å². The van der Waals surface area contributed by atoms with Crippen molar-refractivity contribution in [3.05, 3.63) is 51.5 Å². The molecule has 20 heavy (non-hydrogen) atoms. The molecule has 0 bridgehead atoms. The number of nitrogens with one attached hydrogen (secondary N) is 1. The second-order valence-electron chi connectivity index (χ2n) is 4.77. The van der Waals surface area contributed by atoms with Gasteiger partial charge in [0, 0.05) is 17.6 Å². The zero-order valence-corrected chi connectivity index (χ0v) is 13.1. The number of rotatable bonds is 6. The van der Waals surface area contributed by atoms with Crippen LogP contribution in [0.1, 0.15) is 13.3 Å². The lowest BCUT2D eigenvalue weighted by molar-refractivity contribution is 0.661. The van der Waals surface area contributed by atoms with Crippen molar-refractivity contribution in [1.82, 2.24) is 14.9 Å². The highest BCUT2D eigenvalue weighted by atomic mass is 79.9. The van der Waals surface area contributed by atoms with Crippen molar-refractivity contribution in [3.63, 3.8) is 0 Å². The van der Waals surface area contributed by atoms with Gasteiger partial charge in [0.1, 0.15) is 0 Å². The molecule has 0 spiro atoms. The minimum atomic E-state index is -0.0343. The smallest absolute Gasteiger partial charge is 0.261 e. The summed E-state index contributed by atoms with van der Waals surface area (Å²) in [6.07, 6.45) is 2.67. The number of aromatic nitrogens is 2. The first kappa shape index (κ1) is 14.9. The molecule has 0 aliphatic heterocycles. The van der Waals surface area contributed by atoms with Gasteiger partial charge >= 0.3 is 0 Å². The van der Waals surface area contributed by atoms with E-state index in [0.717, 1.165) is 29.6 Å². The van der Waals surface area contributed by atoms with Gasteiger partial charge in [0.05, 0.1) is 17.2 Å². The molecule has 0 fully saturated rings. The van der Waals surface area contributed by atoms with Crippen molar-refractivity contribution in [2.75, 3.05) is 13.1 Å². The molecule has 0 aliphatic carbocycles. The molecule has 2 rings (SSSR count). The molecule has 0 unspecified atom stereocenters. The van der Waals surface area contributed by atoms with Crippen molar-refractivity contribution in [2.24, 2.45) is 0 Å². The zero-order chi connectivity index (χ0) is 14.5. The molecular weight excluding hydrogens is 318 g/mol. The van der Waals surface area contributed by atoms with Gasteiger partial charge in [-0.15, -0.1) is 0 Å². The first-order valence-corrected chi connectivity index (χ1v) is 7.43. The first-order valence-electron chi connectivity index (χ1n) is 6.64. The molecule has 1 aromatic heterocycles. The predicted molar refractivity (Wildman–Crippen MR) is 86.0 cm³/mol. The highest BCUT2D eigenvalue weighted by Crippen LogP contribution is 2.14. The maximum Gasteiger partial charge on any atom is 0.261 e. The van der Waals surface area contributed by atoms with E-state index in [9.17, 15) is 4.79 Å². The van der Waals surface area contributed by atoms with Gasteiger partial charge in [-0.05, 0) is 36.7 Å². The molecule has 0 atom stereocenters. The van der Waals surface area contributed by atoms with E-state index in [1.807, 2.05) is 12.1 Å². The SMILES string of the molecule is C=C(CNCCC)Cn1cnc2ccc(Br)cc2c1=O. The summed E-state index contributed by atoms with van der Waals surface area (Å²) in [6.45, 7) is 8.28. The lowest BCUT2D eigenvalue weighted by Crippen LogP contribution is -2.25. The Labute approximate surface area is 126 Å². The van der Waals surface area contributed by atoms with E-state index < -0.39 is 0 Å². The van der Waals surface area contributed by atoms with Gasteiger partial charge < -0.3 is 5.32 Å². The van der Waals surface area contributed by atoms with E-state index in [1.165, 1.54) is 0 Å². The van der Waals surface area contributed by atoms with Crippen LogP contribution in [-0.2, 0) is 6.54 Å². The Bertz CT molecular complexity index is 678. The van der Waals surface area contributed by atoms with E-state index in [-0.39, 0.29) is 5.56 Å². The van der Waals surface area contributed by atoms with Crippen molar-refractivity contribution < 1.29 is 0 Å². The third-order valence-corrected chi connectivity index (χ3v) is 3.48. The van der Waals surface area contributed by atoms with Crippen LogP contribution in [0, 0.1) is 0 Å². The predicted octanol–water partition coefficient (Wildman–Crippen LogP) is 2.71. The Morgan fingerprint density at radius 3 is 3.05 bits per heavy atom. The van der Waals surface area contributed by atoms with Crippen LogP contribution >= 0.6 is 15.9 Å². The summed E-state index contributed by atoms with van der Waals surface area (Å²) >= 11 is 3.38. The van der Waals surface area contributed by atoms with Gasteiger partial charge in [-0.1, -0.05) is 29.4 Å². The van der Waals surface area contributed by atoms with Gasteiger partial charge in [-0.2, -0.15) is 0 Å². The maximum atomic E-state index is 12.4. The zero-order valence-electron chi connectivity index (χ0n) is 11.5. The van der Waals surface area contributed by atoms with Crippen LogP contribution in [0.4, 0.5) is 0 Å². The highest BCUT2D eigenvalue weighted by Gasteiger charge is 2.05. The Morgan fingerprint density at radius 1 is 1.50 bits per heavy atom. The van der Waals surface area contributed by atoms with Crippen LogP contribution in [-0.4, -0.2) is 22.6 Å². The molecule has 0 amide bonds. The maximum absolute atomic E-state index is 12.4. The monoisotopic (exact) mass is 335 g/mol. The van der Waals surface area contributed by atoms with E-state index in [4.69, 9.17) is 0 Å². The molecule has 0 radical (unpaired) electrons. The molecule has 0 saturated carbocycles.